The molecule has 3 rings (SSSR count). The molecule has 0 aliphatic carbocycles. The summed E-state index contributed by atoms with van der Waals surface area (Å²) in [4.78, 5) is 15.1. The molecule has 1 unspecified atom stereocenters. The zero-order chi connectivity index (χ0) is 11.8. The zero-order valence-corrected chi connectivity index (χ0v) is 10.7. The largest absolute Gasteiger partial charge is 0.326 e. The Bertz CT molecular complexity index is 593. The molecule has 1 aromatic heterocycles. The summed E-state index contributed by atoms with van der Waals surface area (Å²) < 4.78 is 1.97. The summed E-state index contributed by atoms with van der Waals surface area (Å²) in [5.41, 5.74) is 3.27. The van der Waals surface area contributed by atoms with E-state index in [1.165, 1.54) is 17.7 Å². The van der Waals surface area contributed by atoms with E-state index < -0.39 is 0 Å². The van der Waals surface area contributed by atoms with Gasteiger partial charge in [-0.2, -0.15) is 11.8 Å². The maximum atomic E-state index is 12.1. The number of nitrogens with zero attached hydrogens (tertiary/aromatic N) is 1. The Morgan fingerprint density at radius 3 is 3.12 bits per heavy atom. The fourth-order valence-electron chi connectivity index (χ4n) is 2.63. The first-order valence-corrected chi connectivity index (χ1v) is 7.20. The van der Waals surface area contributed by atoms with Gasteiger partial charge in [-0.15, -0.1) is 0 Å². The number of nitrogens with one attached hydrogen (secondary N) is 1. The van der Waals surface area contributed by atoms with E-state index in [2.05, 4.69) is 18.0 Å². The van der Waals surface area contributed by atoms with Crippen molar-refractivity contribution in [3.63, 3.8) is 0 Å². The van der Waals surface area contributed by atoms with E-state index in [0.29, 0.717) is 6.04 Å². The van der Waals surface area contributed by atoms with Crippen molar-refractivity contribution in [3.8, 4) is 0 Å². The summed E-state index contributed by atoms with van der Waals surface area (Å²) in [6.45, 7) is 2.07. The normalized spacial score (nSPS) is 20.9. The van der Waals surface area contributed by atoms with Crippen molar-refractivity contribution in [2.24, 2.45) is 0 Å². The van der Waals surface area contributed by atoms with Crippen molar-refractivity contribution in [3.05, 3.63) is 34.2 Å². The van der Waals surface area contributed by atoms with Gasteiger partial charge in [0.1, 0.15) is 0 Å². The molecule has 1 atom stereocenters. The molecule has 0 amide bonds. The summed E-state index contributed by atoms with van der Waals surface area (Å²) in [5, 5.41) is 0. The number of rotatable bonds is 1. The van der Waals surface area contributed by atoms with E-state index in [0.717, 1.165) is 23.2 Å². The lowest BCUT2D eigenvalue weighted by atomic mass is 10.1. The van der Waals surface area contributed by atoms with E-state index in [4.69, 9.17) is 0 Å². The number of H-pyrrole nitrogens is 1. The van der Waals surface area contributed by atoms with Gasteiger partial charge in [0.15, 0.2) is 0 Å². The molecule has 2 aromatic rings. The number of aromatic nitrogens is 2. The topological polar surface area (TPSA) is 37.8 Å². The third-order valence-electron chi connectivity index (χ3n) is 3.44. The molecular weight excluding hydrogens is 232 g/mol. The standard InChI is InChI=1S/C13H16N2OS/c1-9-4-2-6-11-12(9)15(13(16)14-11)10-5-3-7-17-8-10/h2,4,6,10H,3,5,7-8H2,1H3,(H,14,16). The lowest BCUT2D eigenvalue weighted by Gasteiger charge is -2.23. The Hall–Kier alpha value is -1.16. The van der Waals surface area contributed by atoms with Crippen LogP contribution < -0.4 is 5.69 Å². The molecule has 0 bridgehead atoms. The minimum Gasteiger partial charge on any atom is -0.306 e. The lowest BCUT2D eigenvalue weighted by Crippen LogP contribution is -2.26. The summed E-state index contributed by atoms with van der Waals surface area (Å²) in [6.07, 6.45) is 2.33. The van der Waals surface area contributed by atoms with Crippen LogP contribution in [0.4, 0.5) is 0 Å². The Balaban J connectivity index is 2.20. The summed E-state index contributed by atoms with van der Waals surface area (Å²) in [6, 6.07) is 6.40. The smallest absolute Gasteiger partial charge is 0.306 e. The SMILES string of the molecule is Cc1cccc2[nH]c(=O)n(C3CCCSC3)c12. The molecule has 1 aromatic carbocycles. The number of aryl methyl sites for hydroxylation is 1. The van der Waals surface area contributed by atoms with Crippen LogP contribution in [0.15, 0.2) is 23.0 Å². The molecular formula is C13H16N2OS. The first kappa shape index (κ1) is 11.0. The number of benzene rings is 1. The van der Waals surface area contributed by atoms with Crippen LogP contribution in [0, 0.1) is 6.92 Å². The lowest BCUT2D eigenvalue weighted by molar-refractivity contribution is 0.499. The van der Waals surface area contributed by atoms with Gasteiger partial charge in [0.2, 0.25) is 0 Å². The molecule has 2 heterocycles. The fourth-order valence-corrected chi connectivity index (χ4v) is 3.76. The third-order valence-corrected chi connectivity index (χ3v) is 4.64. The minimum absolute atomic E-state index is 0.0433. The van der Waals surface area contributed by atoms with Crippen LogP contribution in [0.5, 0.6) is 0 Å². The van der Waals surface area contributed by atoms with Gasteiger partial charge in [-0.1, -0.05) is 12.1 Å². The van der Waals surface area contributed by atoms with Crippen molar-refractivity contribution < 1.29 is 0 Å². The van der Waals surface area contributed by atoms with Gasteiger partial charge in [0, 0.05) is 11.8 Å². The Morgan fingerprint density at radius 2 is 2.35 bits per heavy atom. The van der Waals surface area contributed by atoms with Crippen molar-refractivity contribution in [2.45, 2.75) is 25.8 Å². The van der Waals surface area contributed by atoms with Gasteiger partial charge >= 0.3 is 5.69 Å². The predicted octanol–water partition coefficient (Wildman–Crippen LogP) is 2.71. The second-order valence-electron chi connectivity index (χ2n) is 4.64. The quantitative estimate of drug-likeness (QED) is 0.842. The highest BCUT2D eigenvalue weighted by Gasteiger charge is 2.20. The predicted molar refractivity (Wildman–Crippen MR) is 72.9 cm³/mol. The van der Waals surface area contributed by atoms with E-state index >= 15 is 0 Å². The maximum absolute atomic E-state index is 12.1. The Morgan fingerprint density at radius 1 is 1.47 bits per heavy atom. The second-order valence-corrected chi connectivity index (χ2v) is 5.79. The van der Waals surface area contributed by atoms with Gasteiger partial charge in [-0.25, -0.2) is 4.79 Å². The Labute approximate surface area is 104 Å². The highest BCUT2D eigenvalue weighted by molar-refractivity contribution is 7.99. The number of hydrogen-bond acceptors (Lipinski definition) is 2. The van der Waals surface area contributed by atoms with Crippen LogP contribution in [0.1, 0.15) is 24.4 Å². The van der Waals surface area contributed by atoms with E-state index in [1.54, 1.807) is 0 Å². The number of aromatic amines is 1. The van der Waals surface area contributed by atoms with Gasteiger partial charge in [0.25, 0.3) is 0 Å². The highest BCUT2D eigenvalue weighted by atomic mass is 32.2. The molecule has 1 fully saturated rings. The monoisotopic (exact) mass is 248 g/mol. The Kier molecular flexibility index (Phi) is 2.74. The molecule has 0 radical (unpaired) electrons. The molecule has 0 spiro atoms. The number of fused-ring (bicyclic) bond motifs is 1. The van der Waals surface area contributed by atoms with Crippen molar-refractivity contribution in [2.75, 3.05) is 11.5 Å². The summed E-state index contributed by atoms with van der Waals surface area (Å²) in [5.74, 6) is 2.29. The third kappa shape index (κ3) is 1.80. The molecule has 90 valence electrons. The van der Waals surface area contributed by atoms with E-state index in [9.17, 15) is 4.79 Å². The maximum Gasteiger partial charge on any atom is 0.326 e. The summed E-state index contributed by atoms with van der Waals surface area (Å²) in [7, 11) is 0. The van der Waals surface area contributed by atoms with Crippen LogP contribution in [-0.4, -0.2) is 21.1 Å². The molecule has 1 aliphatic heterocycles. The number of hydrogen-bond donors (Lipinski definition) is 1. The van der Waals surface area contributed by atoms with Gasteiger partial charge in [-0.3, -0.25) is 4.57 Å². The number of para-hydroxylation sites is 1. The molecule has 17 heavy (non-hydrogen) atoms. The number of imidazole rings is 1. The van der Waals surface area contributed by atoms with E-state index in [-0.39, 0.29) is 5.69 Å². The highest BCUT2D eigenvalue weighted by Crippen LogP contribution is 2.29. The van der Waals surface area contributed by atoms with Crippen molar-refractivity contribution >= 4 is 22.8 Å². The van der Waals surface area contributed by atoms with Gasteiger partial charge in [-0.05, 0) is 37.1 Å². The molecule has 0 saturated carbocycles. The first-order valence-electron chi connectivity index (χ1n) is 6.05. The molecule has 1 aliphatic rings. The van der Waals surface area contributed by atoms with E-state index in [1.807, 2.05) is 28.5 Å². The van der Waals surface area contributed by atoms with Crippen LogP contribution >= 0.6 is 11.8 Å². The second kappa shape index (κ2) is 4.26. The van der Waals surface area contributed by atoms with Crippen LogP contribution in [-0.2, 0) is 0 Å². The van der Waals surface area contributed by atoms with Gasteiger partial charge < -0.3 is 4.98 Å². The van der Waals surface area contributed by atoms with Crippen LogP contribution in [0.3, 0.4) is 0 Å². The van der Waals surface area contributed by atoms with Crippen LogP contribution in [0.25, 0.3) is 11.0 Å². The molecule has 4 heteroatoms. The average molecular weight is 248 g/mol. The zero-order valence-electron chi connectivity index (χ0n) is 9.90. The molecule has 1 saturated heterocycles. The van der Waals surface area contributed by atoms with Crippen LogP contribution in [0.2, 0.25) is 0 Å². The molecule has 1 N–H and O–H groups in total. The number of thioether (sulfide) groups is 1. The van der Waals surface area contributed by atoms with Crippen molar-refractivity contribution in [1.29, 1.82) is 0 Å². The summed E-state index contributed by atoms with van der Waals surface area (Å²) >= 11 is 1.95. The molecule has 3 nitrogen and oxygen atoms in total. The van der Waals surface area contributed by atoms with Crippen molar-refractivity contribution in [1.82, 2.24) is 9.55 Å². The first-order chi connectivity index (χ1) is 8.27. The average Bonchev–Trinajstić information content (AvgIpc) is 2.68. The minimum atomic E-state index is 0.0433. The van der Waals surface area contributed by atoms with Gasteiger partial charge in [0.05, 0.1) is 11.0 Å². The fraction of sp³-hybridized carbons (Fsp3) is 0.462.